The van der Waals surface area contributed by atoms with E-state index in [0.29, 0.717) is 13.1 Å². The highest BCUT2D eigenvalue weighted by atomic mass is 32.2. The van der Waals surface area contributed by atoms with Crippen LogP contribution in [0.5, 0.6) is 0 Å². The van der Waals surface area contributed by atoms with Gasteiger partial charge in [0.05, 0.1) is 12.8 Å². The number of anilines is 1. The average molecular weight is 353 g/mol. The number of sulfonamides is 1. The first-order valence-electron chi connectivity index (χ1n) is 8.27. The highest BCUT2D eigenvalue weighted by Gasteiger charge is 2.19. The highest BCUT2D eigenvalue weighted by molar-refractivity contribution is 7.88. The van der Waals surface area contributed by atoms with Gasteiger partial charge in [0.25, 0.3) is 0 Å². The Labute approximate surface area is 144 Å². The Hall–Kier alpha value is -1.80. The molecule has 1 aliphatic rings. The van der Waals surface area contributed by atoms with Crippen molar-refractivity contribution in [2.24, 2.45) is 4.99 Å². The SMILES string of the molecule is CCNC(=NCCNS(C)(=O)=O)N1CCN(c2ccccc2)CC1. The van der Waals surface area contributed by atoms with Crippen molar-refractivity contribution < 1.29 is 8.42 Å². The second-order valence-electron chi connectivity index (χ2n) is 5.71. The van der Waals surface area contributed by atoms with E-state index in [2.05, 4.69) is 49.1 Å². The molecule has 0 aromatic heterocycles. The average Bonchev–Trinajstić information content (AvgIpc) is 2.58. The molecule has 0 atom stereocenters. The van der Waals surface area contributed by atoms with Crippen molar-refractivity contribution in [3.05, 3.63) is 30.3 Å². The topological polar surface area (TPSA) is 77.0 Å². The molecule has 1 fully saturated rings. The minimum absolute atomic E-state index is 0.317. The summed E-state index contributed by atoms with van der Waals surface area (Å²) in [5.41, 5.74) is 1.25. The van der Waals surface area contributed by atoms with E-state index in [9.17, 15) is 8.42 Å². The molecule has 0 saturated carbocycles. The van der Waals surface area contributed by atoms with E-state index in [1.807, 2.05) is 13.0 Å². The molecular weight excluding hydrogens is 326 g/mol. The van der Waals surface area contributed by atoms with Crippen LogP contribution in [0.4, 0.5) is 5.69 Å². The van der Waals surface area contributed by atoms with E-state index in [4.69, 9.17) is 0 Å². The first kappa shape index (κ1) is 18.5. The second-order valence-corrected chi connectivity index (χ2v) is 7.54. The van der Waals surface area contributed by atoms with Crippen LogP contribution in [0.15, 0.2) is 35.3 Å². The predicted molar refractivity (Wildman–Crippen MR) is 99.1 cm³/mol. The molecule has 2 rings (SSSR count). The maximum atomic E-state index is 11.1. The van der Waals surface area contributed by atoms with Gasteiger partial charge in [0, 0.05) is 45.0 Å². The van der Waals surface area contributed by atoms with Crippen LogP contribution in [-0.4, -0.2) is 71.3 Å². The van der Waals surface area contributed by atoms with Gasteiger partial charge in [0.1, 0.15) is 0 Å². The zero-order valence-electron chi connectivity index (χ0n) is 14.4. The quantitative estimate of drug-likeness (QED) is 0.438. The van der Waals surface area contributed by atoms with Crippen LogP contribution in [0.1, 0.15) is 6.92 Å². The third-order valence-electron chi connectivity index (χ3n) is 3.77. The van der Waals surface area contributed by atoms with Crippen molar-refractivity contribution in [2.75, 3.05) is 57.0 Å². The molecule has 7 nitrogen and oxygen atoms in total. The Bertz CT molecular complexity index is 625. The van der Waals surface area contributed by atoms with Crippen molar-refractivity contribution in [1.82, 2.24) is 14.9 Å². The Morgan fingerprint density at radius 1 is 1.17 bits per heavy atom. The number of rotatable bonds is 6. The molecule has 1 aromatic rings. The number of nitrogens with one attached hydrogen (secondary N) is 2. The van der Waals surface area contributed by atoms with Gasteiger partial charge < -0.3 is 15.1 Å². The predicted octanol–water partition coefficient (Wildman–Crippen LogP) is 0.323. The smallest absolute Gasteiger partial charge is 0.208 e. The maximum Gasteiger partial charge on any atom is 0.208 e. The fourth-order valence-electron chi connectivity index (χ4n) is 2.63. The van der Waals surface area contributed by atoms with Crippen LogP contribution in [0.25, 0.3) is 0 Å². The molecule has 8 heteroatoms. The summed E-state index contributed by atoms with van der Waals surface area (Å²) in [5, 5.41) is 3.28. The minimum atomic E-state index is -3.16. The lowest BCUT2D eigenvalue weighted by Crippen LogP contribution is -2.52. The monoisotopic (exact) mass is 353 g/mol. The van der Waals surface area contributed by atoms with Crippen LogP contribution >= 0.6 is 0 Å². The van der Waals surface area contributed by atoms with Gasteiger partial charge >= 0.3 is 0 Å². The van der Waals surface area contributed by atoms with Gasteiger partial charge in [-0.15, -0.1) is 0 Å². The number of piperazine rings is 1. The Kier molecular flexibility index (Phi) is 6.86. The third kappa shape index (κ3) is 6.01. The van der Waals surface area contributed by atoms with Gasteiger partial charge in [-0.2, -0.15) is 0 Å². The second kappa shape index (κ2) is 8.89. The summed E-state index contributed by atoms with van der Waals surface area (Å²) in [4.78, 5) is 9.12. The van der Waals surface area contributed by atoms with E-state index >= 15 is 0 Å². The summed E-state index contributed by atoms with van der Waals surface area (Å²) in [6, 6.07) is 10.4. The summed E-state index contributed by atoms with van der Waals surface area (Å²) in [6.45, 7) is 7.22. The number of aliphatic imine (C=N–C) groups is 1. The van der Waals surface area contributed by atoms with Crippen LogP contribution in [0.3, 0.4) is 0 Å². The number of guanidine groups is 1. The molecule has 24 heavy (non-hydrogen) atoms. The molecule has 0 amide bonds. The van der Waals surface area contributed by atoms with Gasteiger partial charge in [-0.05, 0) is 19.1 Å². The Balaban J connectivity index is 1.88. The molecule has 1 aliphatic heterocycles. The summed E-state index contributed by atoms with van der Waals surface area (Å²) >= 11 is 0. The lowest BCUT2D eigenvalue weighted by atomic mass is 10.2. The minimum Gasteiger partial charge on any atom is -0.368 e. The van der Waals surface area contributed by atoms with E-state index < -0.39 is 10.0 Å². The molecule has 1 heterocycles. The Morgan fingerprint density at radius 2 is 1.83 bits per heavy atom. The lowest BCUT2D eigenvalue weighted by Gasteiger charge is -2.37. The number of hydrogen-bond acceptors (Lipinski definition) is 4. The van der Waals surface area contributed by atoms with Gasteiger partial charge in [-0.25, -0.2) is 13.1 Å². The van der Waals surface area contributed by atoms with Gasteiger partial charge in [0.15, 0.2) is 5.96 Å². The van der Waals surface area contributed by atoms with Gasteiger partial charge in [0.2, 0.25) is 10.0 Å². The number of hydrogen-bond donors (Lipinski definition) is 2. The molecule has 1 saturated heterocycles. The fraction of sp³-hybridized carbons (Fsp3) is 0.562. The van der Waals surface area contributed by atoms with Crippen molar-refractivity contribution in [3.63, 3.8) is 0 Å². The van der Waals surface area contributed by atoms with Gasteiger partial charge in [-0.3, -0.25) is 4.99 Å². The van der Waals surface area contributed by atoms with E-state index in [0.717, 1.165) is 44.9 Å². The number of nitrogens with zero attached hydrogens (tertiary/aromatic N) is 3. The summed E-state index contributed by atoms with van der Waals surface area (Å²) in [5.74, 6) is 0.848. The summed E-state index contributed by atoms with van der Waals surface area (Å²) < 4.78 is 24.6. The largest absolute Gasteiger partial charge is 0.368 e. The molecule has 2 N–H and O–H groups in total. The first-order chi connectivity index (χ1) is 11.5. The summed E-state index contributed by atoms with van der Waals surface area (Å²) in [6.07, 6.45) is 1.16. The molecule has 0 bridgehead atoms. The van der Waals surface area contributed by atoms with Gasteiger partial charge in [-0.1, -0.05) is 18.2 Å². The lowest BCUT2D eigenvalue weighted by molar-refractivity contribution is 0.372. The Morgan fingerprint density at radius 3 is 2.42 bits per heavy atom. The zero-order chi connectivity index (χ0) is 17.4. The third-order valence-corrected chi connectivity index (χ3v) is 4.50. The van der Waals surface area contributed by atoms with Crippen LogP contribution in [0, 0.1) is 0 Å². The van der Waals surface area contributed by atoms with Crippen LogP contribution in [-0.2, 0) is 10.0 Å². The van der Waals surface area contributed by atoms with Crippen molar-refractivity contribution in [3.8, 4) is 0 Å². The fourth-order valence-corrected chi connectivity index (χ4v) is 3.10. The molecule has 134 valence electrons. The zero-order valence-corrected chi connectivity index (χ0v) is 15.2. The first-order valence-corrected chi connectivity index (χ1v) is 10.2. The normalized spacial score (nSPS) is 16.3. The molecule has 0 spiro atoms. The van der Waals surface area contributed by atoms with E-state index in [-0.39, 0.29) is 0 Å². The molecule has 0 unspecified atom stereocenters. The molecule has 1 aromatic carbocycles. The summed E-state index contributed by atoms with van der Waals surface area (Å²) in [7, 11) is -3.16. The van der Waals surface area contributed by atoms with Crippen LogP contribution in [0.2, 0.25) is 0 Å². The maximum absolute atomic E-state index is 11.1. The van der Waals surface area contributed by atoms with Crippen molar-refractivity contribution in [2.45, 2.75) is 6.92 Å². The number of para-hydroxylation sites is 1. The standard InChI is InChI=1S/C16H27N5O2S/c1-3-17-16(18-9-10-19-24(2,22)23)21-13-11-20(12-14-21)15-7-5-4-6-8-15/h4-8,19H,3,9-14H2,1-2H3,(H,17,18). The molecule has 0 radical (unpaired) electrons. The molecular formula is C16H27N5O2S. The van der Waals surface area contributed by atoms with Crippen molar-refractivity contribution >= 4 is 21.7 Å². The van der Waals surface area contributed by atoms with Crippen molar-refractivity contribution in [1.29, 1.82) is 0 Å². The molecule has 0 aliphatic carbocycles. The number of benzene rings is 1. The van der Waals surface area contributed by atoms with Crippen LogP contribution < -0.4 is 14.9 Å². The van der Waals surface area contributed by atoms with E-state index in [1.165, 1.54) is 5.69 Å². The highest BCUT2D eigenvalue weighted by Crippen LogP contribution is 2.15. The van der Waals surface area contributed by atoms with E-state index in [1.54, 1.807) is 0 Å².